The molecule has 0 saturated carbocycles. The minimum atomic E-state index is -4.24. The summed E-state index contributed by atoms with van der Waals surface area (Å²) in [5.74, 6) is 0.734. The van der Waals surface area contributed by atoms with Crippen LogP contribution in [0.25, 0.3) is 5.52 Å². The number of fused-ring (bicyclic) bond motifs is 1. The molecule has 3 fully saturated rings. The highest BCUT2D eigenvalue weighted by molar-refractivity contribution is 5.85. The number of aromatic nitrogens is 3. The number of hydrogen-bond donors (Lipinski definition) is 1. The Morgan fingerprint density at radius 2 is 1.68 bits per heavy atom. The number of halogens is 4. The van der Waals surface area contributed by atoms with Gasteiger partial charge in [-0.1, -0.05) is 12.1 Å². The molecule has 1 aromatic carbocycles. The van der Waals surface area contributed by atoms with E-state index in [-0.39, 0.29) is 23.4 Å². The highest BCUT2D eigenvalue weighted by Crippen LogP contribution is 2.42. The van der Waals surface area contributed by atoms with Gasteiger partial charge < -0.3 is 15.1 Å². The molecule has 5 heterocycles. The highest BCUT2D eigenvalue weighted by Gasteiger charge is 2.44. The Balaban J connectivity index is 0.00000280. The monoisotopic (exact) mass is 535 g/mol. The Hall–Kier alpha value is -2.56. The topological polar surface area (TPSA) is 51.9 Å². The molecule has 3 aliphatic rings. The maximum Gasteiger partial charge on any atom is 0.393 e. The second-order valence-electron chi connectivity index (χ2n) is 10.6. The first-order valence-electron chi connectivity index (χ1n) is 12.8. The predicted molar refractivity (Wildman–Crippen MR) is 141 cm³/mol. The molecule has 0 radical (unpaired) electrons. The van der Waals surface area contributed by atoms with Crippen molar-refractivity contribution in [2.75, 3.05) is 62.2 Å². The van der Waals surface area contributed by atoms with Crippen molar-refractivity contribution >= 4 is 29.4 Å². The Morgan fingerprint density at radius 1 is 0.919 bits per heavy atom. The fourth-order valence-electron chi connectivity index (χ4n) is 6.15. The van der Waals surface area contributed by atoms with E-state index in [0.29, 0.717) is 5.52 Å². The van der Waals surface area contributed by atoms with E-state index in [1.807, 2.05) is 0 Å². The Kier molecular flexibility index (Phi) is 7.26. The molecule has 37 heavy (non-hydrogen) atoms. The first-order chi connectivity index (χ1) is 17.4. The first kappa shape index (κ1) is 26.1. The summed E-state index contributed by atoms with van der Waals surface area (Å²) in [5.41, 5.74) is 3.69. The quantitative estimate of drug-likeness (QED) is 0.537. The van der Waals surface area contributed by atoms with Gasteiger partial charge in [0, 0.05) is 69.7 Å². The molecule has 1 atom stereocenters. The number of nitrogens with zero attached hydrogens (tertiary/aromatic N) is 6. The van der Waals surface area contributed by atoms with Crippen LogP contribution in [0.4, 0.5) is 24.7 Å². The number of anilines is 2. The number of piperazine rings is 1. The van der Waals surface area contributed by atoms with Gasteiger partial charge in [0.1, 0.15) is 11.8 Å². The van der Waals surface area contributed by atoms with Crippen LogP contribution in [0.5, 0.6) is 0 Å². The van der Waals surface area contributed by atoms with Crippen LogP contribution < -0.4 is 15.1 Å². The van der Waals surface area contributed by atoms with E-state index in [1.54, 1.807) is 6.07 Å². The fourth-order valence-corrected chi connectivity index (χ4v) is 6.15. The van der Waals surface area contributed by atoms with Crippen LogP contribution in [0.2, 0.25) is 0 Å². The Labute approximate surface area is 221 Å². The Morgan fingerprint density at radius 3 is 2.43 bits per heavy atom. The molecule has 3 saturated heterocycles. The van der Waals surface area contributed by atoms with Gasteiger partial charge in [0.2, 0.25) is 0 Å². The van der Waals surface area contributed by atoms with E-state index in [4.69, 9.17) is 0 Å². The summed E-state index contributed by atoms with van der Waals surface area (Å²) in [7, 11) is 0. The second kappa shape index (κ2) is 10.3. The lowest BCUT2D eigenvalue weighted by Gasteiger charge is -2.29. The third kappa shape index (κ3) is 5.66. The lowest BCUT2D eigenvalue weighted by Crippen LogP contribution is -2.43. The van der Waals surface area contributed by atoms with E-state index in [2.05, 4.69) is 54.4 Å². The van der Waals surface area contributed by atoms with Gasteiger partial charge >= 0.3 is 6.18 Å². The number of alkyl halides is 3. The lowest BCUT2D eigenvalue weighted by molar-refractivity contribution is -0.127. The smallest absolute Gasteiger partial charge is 0.369 e. The number of benzene rings is 1. The summed E-state index contributed by atoms with van der Waals surface area (Å²) in [6.07, 6.45) is -0.0954. The van der Waals surface area contributed by atoms with Gasteiger partial charge in [-0.15, -0.1) is 12.4 Å². The summed E-state index contributed by atoms with van der Waals surface area (Å²) >= 11 is 0. The molecule has 1 N–H and O–H groups in total. The highest BCUT2D eigenvalue weighted by atomic mass is 35.5. The zero-order chi connectivity index (χ0) is 24.8. The second-order valence-corrected chi connectivity index (χ2v) is 10.6. The standard InChI is InChI=1S/C26H32F3N7.ClH/c27-26(28,29)14-21-13-23-24(31-19-32-36(23)16-21)35-10-6-25(18-35)5-9-33(17-25)15-20-1-3-22(4-2-20)34-11-7-30-8-12-34;/h1-4,13,16,19,30H,5-12,14-15,17-18H2;1H. The SMILES string of the molecule is Cl.FC(F)(F)Cc1cc2c(N3CCC4(CCN(Cc5ccc(N6CCNCC6)cc5)C4)C3)ncnn2c1. The number of likely N-dealkylation sites (tertiary alicyclic amines) is 1. The van der Waals surface area contributed by atoms with Crippen LogP contribution in [0.1, 0.15) is 24.0 Å². The van der Waals surface area contributed by atoms with Crippen molar-refractivity contribution < 1.29 is 13.2 Å². The molecule has 6 rings (SSSR count). The number of nitrogens with one attached hydrogen (secondary N) is 1. The number of rotatable bonds is 5. The molecule has 3 aromatic rings. The summed E-state index contributed by atoms with van der Waals surface area (Å²) in [6, 6.07) is 10.6. The van der Waals surface area contributed by atoms with Gasteiger partial charge in [-0.2, -0.15) is 18.3 Å². The molecular weight excluding hydrogens is 503 g/mol. The molecule has 200 valence electrons. The Bertz CT molecular complexity index is 1210. The van der Waals surface area contributed by atoms with Crippen LogP contribution >= 0.6 is 12.4 Å². The largest absolute Gasteiger partial charge is 0.393 e. The van der Waals surface area contributed by atoms with Gasteiger partial charge in [-0.25, -0.2) is 9.50 Å². The van der Waals surface area contributed by atoms with E-state index < -0.39 is 12.6 Å². The molecule has 7 nitrogen and oxygen atoms in total. The van der Waals surface area contributed by atoms with Gasteiger partial charge in [-0.3, -0.25) is 4.90 Å². The van der Waals surface area contributed by atoms with Crippen LogP contribution in [0, 0.1) is 5.41 Å². The minimum absolute atomic E-state index is 0. The van der Waals surface area contributed by atoms with Crippen molar-refractivity contribution in [2.24, 2.45) is 5.41 Å². The minimum Gasteiger partial charge on any atom is -0.369 e. The van der Waals surface area contributed by atoms with Crippen LogP contribution in [-0.2, 0) is 13.0 Å². The first-order valence-corrected chi connectivity index (χ1v) is 12.8. The summed E-state index contributed by atoms with van der Waals surface area (Å²) < 4.78 is 40.2. The molecule has 0 amide bonds. The van der Waals surface area contributed by atoms with Crippen molar-refractivity contribution in [2.45, 2.75) is 32.0 Å². The average molecular weight is 536 g/mol. The lowest BCUT2D eigenvalue weighted by atomic mass is 9.86. The van der Waals surface area contributed by atoms with Gasteiger partial charge in [-0.05, 0) is 48.7 Å². The third-order valence-corrected chi connectivity index (χ3v) is 7.93. The van der Waals surface area contributed by atoms with Crippen molar-refractivity contribution in [3.05, 3.63) is 54.0 Å². The normalized spacial score (nSPS) is 22.8. The molecule has 2 aromatic heterocycles. The molecule has 0 bridgehead atoms. The van der Waals surface area contributed by atoms with Crippen molar-refractivity contribution in [3.63, 3.8) is 0 Å². The van der Waals surface area contributed by atoms with Gasteiger partial charge in [0.15, 0.2) is 5.82 Å². The van der Waals surface area contributed by atoms with E-state index in [9.17, 15) is 13.2 Å². The zero-order valence-corrected chi connectivity index (χ0v) is 21.6. The summed E-state index contributed by atoms with van der Waals surface area (Å²) in [5, 5.41) is 7.54. The predicted octanol–water partition coefficient (Wildman–Crippen LogP) is 3.77. The van der Waals surface area contributed by atoms with Crippen LogP contribution in [-0.4, -0.2) is 78.0 Å². The third-order valence-electron chi connectivity index (χ3n) is 7.93. The van der Waals surface area contributed by atoms with Gasteiger partial charge in [0.25, 0.3) is 0 Å². The van der Waals surface area contributed by atoms with E-state index in [1.165, 1.54) is 28.3 Å². The average Bonchev–Trinajstić information content (AvgIpc) is 3.57. The molecule has 3 aliphatic heterocycles. The van der Waals surface area contributed by atoms with Crippen molar-refractivity contribution in [3.8, 4) is 0 Å². The van der Waals surface area contributed by atoms with E-state index >= 15 is 0 Å². The molecule has 1 spiro atoms. The van der Waals surface area contributed by atoms with E-state index in [0.717, 1.165) is 77.6 Å². The molecular formula is C26H33ClF3N7. The zero-order valence-electron chi connectivity index (χ0n) is 20.8. The van der Waals surface area contributed by atoms with Crippen molar-refractivity contribution in [1.82, 2.24) is 24.8 Å². The molecule has 1 unspecified atom stereocenters. The van der Waals surface area contributed by atoms with Crippen molar-refractivity contribution in [1.29, 1.82) is 0 Å². The fraction of sp³-hybridized carbons (Fsp3) is 0.538. The maximum absolute atomic E-state index is 12.9. The molecule has 0 aliphatic carbocycles. The summed E-state index contributed by atoms with van der Waals surface area (Å²) in [4.78, 5) is 11.7. The van der Waals surface area contributed by atoms with Crippen LogP contribution in [0.3, 0.4) is 0 Å². The molecule has 11 heteroatoms. The van der Waals surface area contributed by atoms with Gasteiger partial charge in [0.05, 0.1) is 6.42 Å². The van der Waals surface area contributed by atoms with Crippen LogP contribution in [0.15, 0.2) is 42.9 Å². The summed E-state index contributed by atoms with van der Waals surface area (Å²) in [6.45, 7) is 8.95. The number of hydrogen-bond acceptors (Lipinski definition) is 6. The maximum atomic E-state index is 12.9.